The van der Waals surface area contributed by atoms with Gasteiger partial charge >= 0.3 is 0 Å². The predicted octanol–water partition coefficient (Wildman–Crippen LogP) is 1.75. The molecule has 2 rings (SSSR count). The fourth-order valence-electron chi connectivity index (χ4n) is 2.17. The fourth-order valence-corrected chi connectivity index (χ4v) is 2.17. The van der Waals surface area contributed by atoms with Crippen molar-refractivity contribution in [2.45, 2.75) is 32.0 Å². The van der Waals surface area contributed by atoms with Gasteiger partial charge in [-0.2, -0.15) is 0 Å². The zero-order valence-electron chi connectivity index (χ0n) is 10.5. The van der Waals surface area contributed by atoms with Crippen molar-refractivity contribution < 1.29 is 9.84 Å². The quantitative estimate of drug-likeness (QED) is 0.868. The minimum atomic E-state index is -0.454. The highest BCUT2D eigenvalue weighted by atomic mass is 16.5. The minimum absolute atomic E-state index is 0.307. The zero-order chi connectivity index (χ0) is 12.3. The normalized spacial score (nSPS) is 22.5. The van der Waals surface area contributed by atoms with Crippen molar-refractivity contribution in [2.75, 3.05) is 25.1 Å². The third-order valence-electron chi connectivity index (χ3n) is 3.29. The molecule has 1 aromatic rings. The first-order valence-electron chi connectivity index (χ1n) is 6.12. The van der Waals surface area contributed by atoms with E-state index in [1.165, 1.54) is 0 Å². The van der Waals surface area contributed by atoms with Crippen LogP contribution in [0.2, 0.25) is 0 Å². The van der Waals surface area contributed by atoms with Crippen LogP contribution in [0.3, 0.4) is 0 Å². The van der Waals surface area contributed by atoms with Gasteiger partial charge in [-0.3, -0.25) is 0 Å². The summed E-state index contributed by atoms with van der Waals surface area (Å²) < 4.78 is 5.40. The molecule has 17 heavy (non-hydrogen) atoms. The van der Waals surface area contributed by atoms with E-state index in [1.807, 2.05) is 12.1 Å². The van der Waals surface area contributed by atoms with Gasteiger partial charge in [-0.1, -0.05) is 6.07 Å². The summed E-state index contributed by atoms with van der Waals surface area (Å²) in [6, 6.07) is 3.91. The Balaban J connectivity index is 2.06. The molecule has 0 bridgehead atoms. The molecule has 0 spiro atoms. The molecular formula is C13H20N2O2. The molecule has 1 N–H and O–H groups in total. The molecule has 4 heteroatoms. The Labute approximate surface area is 102 Å². The summed E-state index contributed by atoms with van der Waals surface area (Å²) in [4.78, 5) is 6.64. The number of rotatable bonds is 3. The highest BCUT2D eigenvalue weighted by Crippen LogP contribution is 2.20. The molecule has 2 heterocycles. The number of aliphatic hydroxyl groups is 1. The van der Waals surface area contributed by atoms with Gasteiger partial charge in [-0.15, -0.1) is 0 Å². The Morgan fingerprint density at radius 2 is 2.35 bits per heavy atom. The third-order valence-corrected chi connectivity index (χ3v) is 3.29. The maximum absolute atomic E-state index is 9.43. The van der Waals surface area contributed by atoms with Gasteiger partial charge in [0.1, 0.15) is 5.82 Å². The molecule has 1 unspecified atom stereocenters. The standard InChI is InChI=1S/C13H20N2O2/c1-10(16)11-5-6-13(14-8-11)15-7-3-4-12(9-15)17-2/h5-6,8,10,12,16H,3-4,7,9H2,1-2H3/t10-,12?/m1/s1. The first kappa shape index (κ1) is 12.3. The Bertz CT molecular complexity index is 351. The zero-order valence-corrected chi connectivity index (χ0v) is 10.5. The van der Waals surface area contributed by atoms with Crippen molar-refractivity contribution >= 4 is 5.82 Å². The lowest BCUT2D eigenvalue weighted by Crippen LogP contribution is -2.39. The second-order valence-corrected chi connectivity index (χ2v) is 4.57. The maximum atomic E-state index is 9.43. The minimum Gasteiger partial charge on any atom is -0.389 e. The fraction of sp³-hybridized carbons (Fsp3) is 0.615. The smallest absolute Gasteiger partial charge is 0.128 e. The number of pyridine rings is 1. The van der Waals surface area contributed by atoms with Gasteiger partial charge < -0.3 is 14.7 Å². The molecule has 0 saturated carbocycles. The van der Waals surface area contributed by atoms with Gasteiger partial charge in [0.25, 0.3) is 0 Å². The summed E-state index contributed by atoms with van der Waals surface area (Å²) >= 11 is 0. The number of hydrogen-bond donors (Lipinski definition) is 1. The number of aromatic nitrogens is 1. The molecular weight excluding hydrogens is 216 g/mol. The Morgan fingerprint density at radius 3 is 2.94 bits per heavy atom. The second kappa shape index (κ2) is 5.47. The van der Waals surface area contributed by atoms with E-state index in [2.05, 4.69) is 9.88 Å². The summed E-state index contributed by atoms with van der Waals surface area (Å²) in [6.45, 7) is 3.68. The van der Waals surface area contributed by atoms with E-state index in [0.717, 1.165) is 37.3 Å². The van der Waals surface area contributed by atoms with Crippen LogP contribution >= 0.6 is 0 Å². The highest BCUT2D eigenvalue weighted by Gasteiger charge is 2.20. The van der Waals surface area contributed by atoms with Crippen LogP contribution in [0, 0.1) is 0 Å². The SMILES string of the molecule is COC1CCCN(c2ccc([C@@H](C)O)cn2)C1. The van der Waals surface area contributed by atoms with Crippen LogP contribution in [0.5, 0.6) is 0 Å². The molecule has 1 fully saturated rings. The molecule has 0 aromatic carbocycles. The Hall–Kier alpha value is -1.13. The molecule has 1 aliphatic rings. The van der Waals surface area contributed by atoms with E-state index in [1.54, 1.807) is 20.2 Å². The average Bonchev–Trinajstić information content (AvgIpc) is 2.39. The largest absolute Gasteiger partial charge is 0.389 e. The molecule has 1 aliphatic heterocycles. The summed E-state index contributed by atoms with van der Waals surface area (Å²) in [7, 11) is 1.76. The van der Waals surface area contributed by atoms with Crippen molar-refractivity contribution in [1.29, 1.82) is 0 Å². The molecule has 1 aromatic heterocycles. The Kier molecular flexibility index (Phi) is 3.97. The maximum Gasteiger partial charge on any atom is 0.128 e. The van der Waals surface area contributed by atoms with Crippen molar-refractivity contribution in [3.8, 4) is 0 Å². The average molecular weight is 236 g/mol. The number of methoxy groups -OCH3 is 1. The van der Waals surface area contributed by atoms with Crippen molar-refractivity contribution in [2.24, 2.45) is 0 Å². The lowest BCUT2D eigenvalue weighted by molar-refractivity contribution is 0.0891. The summed E-state index contributed by atoms with van der Waals surface area (Å²) in [5, 5.41) is 9.43. The van der Waals surface area contributed by atoms with E-state index in [-0.39, 0.29) is 0 Å². The number of nitrogens with zero attached hydrogens (tertiary/aromatic N) is 2. The van der Waals surface area contributed by atoms with Crippen LogP contribution in [0.15, 0.2) is 18.3 Å². The van der Waals surface area contributed by atoms with Gasteiger partial charge in [-0.05, 0) is 31.4 Å². The summed E-state index contributed by atoms with van der Waals surface area (Å²) in [6.07, 6.45) is 3.86. The number of ether oxygens (including phenoxy) is 1. The topological polar surface area (TPSA) is 45.6 Å². The van der Waals surface area contributed by atoms with E-state index >= 15 is 0 Å². The van der Waals surface area contributed by atoms with Crippen molar-refractivity contribution in [1.82, 2.24) is 4.98 Å². The summed E-state index contributed by atoms with van der Waals surface area (Å²) in [5.41, 5.74) is 0.856. The van der Waals surface area contributed by atoms with Gasteiger partial charge in [0.05, 0.1) is 12.2 Å². The van der Waals surface area contributed by atoms with Crippen molar-refractivity contribution in [3.05, 3.63) is 23.9 Å². The molecule has 0 aliphatic carbocycles. The van der Waals surface area contributed by atoms with Crippen molar-refractivity contribution in [3.63, 3.8) is 0 Å². The molecule has 94 valence electrons. The molecule has 0 radical (unpaired) electrons. The molecule has 0 amide bonds. The van der Waals surface area contributed by atoms with Crippen LogP contribution in [0.4, 0.5) is 5.82 Å². The van der Waals surface area contributed by atoms with Crippen LogP contribution in [0.1, 0.15) is 31.4 Å². The third kappa shape index (κ3) is 2.96. The molecule has 1 saturated heterocycles. The lowest BCUT2D eigenvalue weighted by atomic mass is 10.1. The van der Waals surface area contributed by atoms with Gasteiger partial charge in [0, 0.05) is 26.4 Å². The van der Waals surface area contributed by atoms with E-state index in [0.29, 0.717) is 6.10 Å². The first-order chi connectivity index (χ1) is 8.20. The van der Waals surface area contributed by atoms with E-state index in [9.17, 15) is 5.11 Å². The van der Waals surface area contributed by atoms with E-state index in [4.69, 9.17) is 4.74 Å². The van der Waals surface area contributed by atoms with Gasteiger partial charge in [-0.25, -0.2) is 4.98 Å². The first-order valence-corrected chi connectivity index (χ1v) is 6.12. The van der Waals surface area contributed by atoms with Crippen LogP contribution in [0.25, 0.3) is 0 Å². The van der Waals surface area contributed by atoms with Crippen LogP contribution < -0.4 is 4.90 Å². The summed E-state index contributed by atoms with van der Waals surface area (Å²) in [5.74, 6) is 0.969. The predicted molar refractivity (Wildman–Crippen MR) is 67.1 cm³/mol. The number of aliphatic hydroxyl groups excluding tert-OH is 1. The highest BCUT2D eigenvalue weighted by molar-refractivity contribution is 5.40. The van der Waals surface area contributed by atoms with Crippen LogP contribution in [-0.4, -0.2) is 36.4 Å². The van der Waals surface area contributed by atoms with Crippen LogP contribution in [-0.2, 0) is 4.74 Å². The second-order valence-electron chi connectivity index (χ2n) is 4.57. The van der Waals surface area contributed by atoms with Gasteiger partial charge in [0.2, 0.25) is 0 Å². The monoisotopic (exact) mass is 236 g/mol. The number of anilines is 1. The number of piperidine rings is 1. The number of hydrogen-bond acceptors (Lipinski definition) is 4. The van der Waals surface area contributed by atoms with Gasteiger partial charge in [0.15, 0.2) is 0 Å². The lowest BCUT2D eigenvalue weighted by Gasteiger charge is -2.32. The Morgan fingerprint density at radius 1 is 1.53 bits per heavy atom. The molecule has 2 atom stereocenters. The molecule has 4 nitrogen and oxygen atoms in total. The van der Waals surface area contributed by atoms with E-state index < -0.39 is 6.10 Å².